The first-order valence-corrected chi connectivity index (χ1v) is 5.64. The standard InChI is InChI=1S/C10H13NO4S/c12-9(13)6-11(7-10(14)15)4-3-8-2-1-5-16-8/h1-2,5H,3-4,6-7H2,(H,12,13)(H,14,15). The molecule has 0 amide bonds. The van der Waals surface area contributed by atoms with Gasteiger partial charge in [-0.3, -0.25) is 14.5 Å². The molecular formula is C10H13NO4S. The van der Waals surface area contributed by atoms with Crippen molar-refractivity contribution in [3.8, 4) is 0 Å². The summed E-state index contributed by atoms with van der Waals surface area (Å²) in [4.78, 5) is 23.6. The van der Waals surface area contributed by atoms with E-state index in [1.54, 1.807) is 11.3 Å². The Morgan fingerprint density at radius 1 is 1.25 bits per heavy atom. The molecule has 6 heteroatoms. The van der Waals surface area contributed by atoms with Gasteiger partial charge in [-0.15, -0.1) is 11.3 Å². The molecule has 2 N–H and O–H groups in total. The fourth-order valence-corrected chi connectivity index (χ4v) is 2.02. The van der Waals surface area contributed by atoms with Crippen molar-refractivity contribution in [2.45, 2.75) is 6.42 Å². The highest BCUT2D eigenvalue weighted by molar-refractivity contribution is 7.09. The van der Waals surface area contributed by atoms with Crippen LogP contribution in [-0.2, 0) is 16.0 Å². The average molecular weight is 243 g/mol. The largest absolute Gasteiger partial charge is 0.480 e. The number of aliphatic carboxylic acids is 2. The van der Waals surface area contributed by atoms with E-state index in [0.717, 1.165) is 4.88 Å². The third-order valence-electron chi connectivity index (χ3n) is 1.97. The van der Waals surface area contributed by atoms with E-state index in [4.69, 9.17) is 10.2 Å². The first kappa shape index (κ1) is 12.7. The highest BCUT2D eigenvalue weighted by atomic mass is 32.1. The summed E-state index contributed by atoms with van der Waals surface area (Å²) in [6.07, 6.45) is 0.679. The normalized spacial score (nSPS) is 10.6. The van der Waals surface area contributed by atoms with Crippen molar-refractivity contribution < 1.29 is 19.8 Å². The molecule has 1 rings (SSSR count). The van der Waals surface area contributed by atoms with Gasteiger partial charge in [-0.2, -0.15) is 0 Å². The Labute approximate surface area is 96.9 Å². The lowest BCUT2D eigenvalue weighted by Crippen LogP contribution is -2.35. The van der Waals surface area contributed by atoms with Crippen molar-refractivity contribution in [2.24, 2.45) is 0 Å². The summed E-state index contributed by atoms with van der Waals surface area (Å²) >= 11 is 1.58. The first-order valence-electron chi connectivity index (χ1n) is 4.76. The highest BCUT2D eigenvalue weighted by Gasteiger charge is 2.13. The van der Waals surface area contributed by atoms with E-state index < -0.39 is 11.9 Å². The molecule has 0 fully saturated rings. The molecule has 1 heterocycles. The van der Waals surface area contributed by atoms with Crippen LogP contribution in [0, 0.1) is 0 Å². The maximum Gasteiger partial charge on any atom is 0.317 e. The molecule has 0 unspecified atom stereocenters. The summed E-state index contributed by atoms with van der Waals surface area (Å²) in [6, 6.07) is 3.86. The van der Waals surface area contributed by atoms with Crippen LogP contribution in [0.15, 0.2) is 17.5 Å². The lowest BCUT2D eigenvalue weighted by Gasteiger charge is -2.16. The van der Waals surface area contributed by atoms with E-state index in [1.165, 1.54) is 4.90 Å². The monoisotopic (exact) mass is 243 g/mol. The smallest absolute Gasteiger partial charge is 0.317 e. The van der Waals surface area contributed by atoms with Crippen LogP contribution in [0.25, 0.3) is 0 Å². The van der Waals surface area contributed by atoms with E-state index in [1.807, 2.05) is 17.5 Å². The minimum atomic E-state index is -1.01. The SMILES string of the molecule is O=C(O)CN(CCc1cccs1)CC(=O)O. The minimum absolute atomic E-state index is 0.238. The van der Waals surface area contributed by atoms with Crippen molar-refractivity contribution in [3.05, 3.63) is 22.4 Å². The molecule has 1 aromatic heterocycles. The summed E-state index contributed by atoms with van der Waals surface area (Å²) in [6.45, 7) is -0.0333. The third kappa shape index (κ3) is 4.90. The second-order valence-corrected chi connectivity index (χ2v) is 4.36. The molecule has 0 bridgehead atoms. The van der Waals surface area contributed by atoms with E-state index in [-0.39, 0.29) is 13.1 Å². The third-order valence-corrected chi connectivity index (χ3v) is 2.91. The van der Waals surface area contributed by atoms with Crippen molar-refractivity contribution in [1.82, 2.24) is 4.90 Å². The Morgan fingerprint density at radius 3 is 2.31 bits per heavy atom. The van der Waals surface area contributed by atoms with Crippen LogP contribution in [0.2, 0.25) is 0 Å². The van der Waals surface area contributed by atoms with Crippen LogP contribution in [0.1, 0.15) is 4.88 Å². The van der Waals surface area contributed by atoms with Gasteiger partial charge in [-0.25, -0.2) is 0 Å². The lowest BCUT2D eigenvalue weighted by molar-refractivity contribution is -0.141. The van der Waals surface area contributed by atoms with Crippen molar-refractivity contribution in [1.29, 1.82) is 0 Å². The molecule has 0 aliphatic heterocycles. The number of carbonyl (C=O) groups is 2. The fourth-order valence-electron chi connectivity index (χ4n) is 1.32. The number of carboxylic acids is 2. The fraction of sp³-hybridized carbons (Fsp3) is 0.400. The molecule has 16 heavy (non-hydrogen) atoms. The Morgan fingerprint density at radius 2 is 1.88 bits per heavy atom. The van der Waals surface area contributed by atoms with Gasteiger partial charge >= 0.3 is 11.9 Å². The van der Waals surface area contributed by atoms with Crippen LogP contribution in [0.3, 0.4) is 0 Å². The number of thiophene rings is 1. The Bertz CT molecular complexity index is 334. The number of nitrogens with zero attached hydrogens (tertiary/aromatic N) is 1. The van der Waals surface area contributed by atoms with Gasteiger partial charge in [0.25, 0.3) is 0 Å². The molecule has 5 nitrogen and oxygen atoms in total. The Balaban J connectivity index is 2.43. The van der Waals surface area contributed by atoms with Gasteiger partial charge in [0, 0.05) is 11.4 Å². The van der Waals surface area contributed by atoms with Crippen LogP contribution in [-0.4, -0.2) is 46.7 Å². The van der Waals surface area contributed by atoms with Gasteiger partial charge < -0.3 is 10.2 Å². The summed E-state index contributed by atoms with van der Waals surface area (Å²) in [5.74, 6) is -2.01. The average Bonchev–Trinajstić information content (AvgIpc) is 2.64. The number of hydrogen-bond acceptors (Lipinski definition) is 4. The summed E-state index contributed by atoms with van der Waals surface area (Å²) in [7, 11) is 0. The van der Waals surface area contributed by atoms with Gasteiger partial charge in [0.05, 0.1) is 13.1 Å². The number of carboxylic acid groups (broad SMARTS) is 2. The van der Waals surface area contributed by atoms with Crippen LogP contribution in [0.5, 0.6) is 0 Å². The van der Waals surface area contributed by atoms with Crippen LogP contribution < -0.4 is 0 Å². The van der Waals surface area contributed by atoms with Gasteiger partial charge in [-0.05, 0) is 17.9 Å². The maximum absolute atomic E-state index is 10.5. The summed E-state index contributed by atoms with van der Waals surface area (Å²) < 4.78 is 0. The van der Waals surface area contributed by atoms with E-state index in [9.17, 15) is 9.59 Å². The number of rotatable bonds is 7. The van der Waals surface area contributed by atoms with Gasteiger partial charge in [0.2, 0.25) is 0 Å². The zero-order valence-corrected chi connectivity index (χ0v) is 9.44. The predicted octanol–water partition coefficient (Wildman–Crippen LogP) is 0.762. The van der Waals surface area contributed by atoms with Crippen molar-refractivity contribution in [2.75, 3.05) is 19.6 Å². The van der Waals surface area contributed by atoms with Gasteiger partial charge in [0.15, 0.2) is 0 Å². The zero-order valence-electron chi connectivity index (χ0n) is 8.63. The van der Waals surface area contributed by atoms with Gasteiger partial charge in [0.1, 0.15) is 0 Å². The molecule has 0 saturated carbocycles. The molecule has 88 valence electrons. The second kappa shape index (κ2) is 6.24. The Kier molecular flexibility index (Phi) is 4.94. The lowest BCUT2D eigenvalue weighted by atomic mass is 10.3. The molecule has 0 radical (unpaired) electrons. The zero-order chi connectivity index (χ0) is 12.0. The first-order chi connectivity index (χ1) is 7.58. The van der Waals surface area contributed by atoms with Crippen LogP contribution >= 0.6 is 11.3 Å². The molecule has 0 atom stereocenters. The van der Waals surface area contributed by atoms with E-state index in [0.29, 0.717) is 13.0 Å². The summed E-state index contributed by atoms with van der Waals surface area (Å²) in [5, 5.41) is 19.2. The molecule has 1 aromatic rings. The van der Waals surface area contributed by atoms with E-state index >= 15 is 0 Å². The summed E-state index contributed by atoms with van der Waals surface area (Å²) in [5.41, 5.74) is 0. The second-order valence-electron chi connectivity index (χ2n) is 3.33. The highest BCUT2D eigenvalue weighted by Crippen LogP contribution is 2.09. The quantitative estimate of drug-likeness (QED) is 0.739. The molecule has 0 saturated heterocycles. The maximum atomic E-state index is 10.5. The van der Waals surface area contributed by atoms with Crippen molar-refractivity contribution in [3.63, 3.8) is 0 Å². The topological polar surface area (TPSA) is 77.8 Å². The molecule has 0 spiro atoms. The molecule has 0 aliphatic carbocycles. The Hall–Kier alpha value is -1.40. The van der Waals surface area contributed by atoms with Crippen molar-refractivity contribution >= 4 is 23.3 Å². The van der Waals surface area contributed by atoms with Crippen LogP contribution in [0.4, 0.5) is 0 Å². The predicted molar refractivity (Wildman–Crippen MR) is 59.7 cm³/mol. The molecular weight excluding hydrogens is 230 g/mol. The molecule has 0 aromatic carbocycles. The van der Waals surface area contributed by atoms with E-state index in [2.05, 4.69) is 0 Å². The molecule has 0 aliphatic rings. The minimum Gasteiger partial charge on any atom is -0.480 e. The number of hydrogen-bond donors (Lipinski definition) is 2. The van der Waals surface area contributed by atoms with Gasteiger partial charge in [-0.1, -0.05) is 6.07 Å².